The van der Waals surface area contributed by atoms with Gasteiger partial charge < -0.3 is 10.5 Å². The first kappa shape index (κ1) is 15.2. The number of aromatic nitrogens is 2. The summed E-state index contributed by atoms with van der Waals surface area (Å²) in [5, 5.41) is 4.50. The van der Waals surface area contributed by atoms with Crippen LogP contribution < -0.4 is 10.5 Å². The van der Waals surface area contributed by atoms with Crippen molar-refractivity contribution in [2.75, 3.05) is 6.61 Å². The Morgan fingerprint density at radius 1 is 1.09 bits per heavy atom. The first-order valence-corrected chi connectivity index (χ1v) is 7.49. The molecule has 23 heavy (non-hydrogen) atoms. The normalized spacial score (nSPS) is 10.7. The number of hydrogen-bond donors (Lipinski definition) is 1. The van der Waals surface area contributed by atoms with E-state index in [0.717, 1.165) is 28.4 Å². The lowest BCUT2D eigenvalue weighted by Gasteiger charge is -2.09. The van der Waals surface area contributed by atoms with Crippen molar-refractivity contribution >= 4 is 0 Å². The standard InChI is InChI=1S/C18H18FN3O/c1-2-23-17-9-3-13(4-10-17)18-11-15(12-20)21-22(18)16-7-5-14(19)6-8-16/h3-11H,2,12,20H2,1H3. The molecule has 0 unspecified atom stereocenters. The van der Waals surface area contributed by atoms with Gasteiger partial charge in [0.2, 0.25) is 0 Å². The zero-order chi connectivity index (χ0) is 16.2. The molecule has 0 amide bonds. The molecule has 0 saturated heterocycles. The van der Waals surface area contributed by atoms with E-state index in [-0.39, 0.29) is 5.82 Å². The minimum atomic E-state index is -0.275. The molecule has 4 nitrogen and oxygen atoms in total. The summed E-state index contributed by atoms with van der Waals surface area (Å²) in [5.41, 5.74) is 9.18. The van der Waals surface area contributed by atoms with Crippen molar-refractivity contribution in [1.29, 1.82) is 0 Å². The predicted octanol–water partition coefficient (Wildman–Crippen LogP) is 3.54. The molecule has 5 heteroatoms. The van der Waals surface area contributed by atoms with Crippen molar-refractivity contribution in [3.05, 3.63) is 66.1 Å². The Morgan fingerprint density at radius 2 is 1.78 bits per heavy atom. The van der Waals surface area contributed by atoms with Crippen LogP contribution in [0.5, 0.6) is 5.75 Å². The van der Waals surface area contributed by atoms with Crippen LogP contribution in [0.25, 0.3) is 16.9 Å². The topological polar surface area (TPSA) is 53.1 Å². The predicted molar refractivity (Wildman–Crippen MR) is 88.0 cm³/mol. The average molecular weight is 311 g/mol. The Hall–Kier alpha value is -2.66. The lowest BCUT2D eigenvalue weighted by molar-refractivity contribution is 0.340. The SMILES string of the molecule is CCOc1ccc(-c2cc(CN)nn2-c2ccc(F)cc2)cc1. The van der Waals surface area contributed by atoms with Crippen molar-refractivity contribution in [2.45, 2.75) is 13.5 Å². The molecular formula is C18H18FN3O. The van der Waals surface area contributed by atoms with Gasteiger partial charge in [0.25, 0.3) is 0 Å². The van der Waals surface area contributed by atoms with Crippen molar-refractivity contribution in [1.82, 2.24) is 9.78 Å². The summed E-state index contributed by atoms with van der Waals surface area (Å²) < 4.78 is 20.4. The van der Waals surface area contributed by atoms with Gasteiger partial charge in [-0.15, -0.1) is 0 Å². The quantitative estimate of drug-likeness (QED) is 0.784. The molecule has 3 rings (SSSR count). The van der Waals surface area contributed by atoms with Crippen LogP contribution >= 0.6 is 0 Å². The van der Waals surface area contributed by atoms with Crippen molar-refractivity contribution in [2.24, 2.45) is 5.73 Å². The van der Waals surface area contributed by atoms with E-state index in [2.05, 4.69) is 5.10 Å². The fourth-order valence-electron chi connectivity index (χ4n) is 2.40. The van der Waals surface area contributed by atoms with Crippen LogP contribution in [-0.2, 0) is 6.54 Å². The molecule has 0 fully saturated rings. The van der Waals surface area contributed by atoms with Crippen LogP contribution in [0.3, 0.4) is 0 Å². The second-order valence-corrected chi connectivity index (χ2v) is 5.07. The molecule has 2 N–H and O–H groups in total. The fraction of sp³-hybridized carbons (Fsp3) is 0.167. The third-order valence-corrected chi connectivity index (χ3v) is 3.50. The highest BCUT2D eigenvalue weighted by atomic mass is 19.1. The number of benzene rings is 2. The second-order valence-electron chi connectivity index (χ2n) is 5.07. The summed E-state index contributed by atoms with van der Waals surface area (Å²) in [4.78, 5) is 0. The van der Waals surface area contributed by atoms with Gasteiger partial charge in [0, 0.05) is 12.1 Å². The van der Waals surface area contributed by atoms with Crippen LogP contribution in [-0.4, -0.2) is 16.4 Å². The van der Waals surface area contributed by atoms with Gasteiger partial charge in [-0.2, -0.15) is 5.10 Å². The maximum absolute atomic E-state index is 13.2. The van der Waals surface area contributed by atoms with Gasteiger partial charge in [0.05, 0.1) is 23.7 Å². The van der Waals surface area contributed by atoms with Crippen LogP contribution in [0, 0.1) is 5.82 Å². The Bertz CT molecular complexity index is 779. The Balaban J connectivity index is 2.04. The highest BCUT2D eigenvalue weighted by Crippen LogP contribution is 2.26. The monoisotopic (exact) mass is 311 g/mol. The van der Waals surface area contributed by atoms with E-state index >= 15 is 0 Å². The molecule has 0 atom stereocenters. The first-order chi connectivity index (χ1) is 11.2. The molecule has 1 heterocycles. The van der Waals surface area contributed by atoms with E-state index in [4.69, 9.17) is 10.5 Å². The largest absolute Gasteiger partial charge is 0.494 e. The second kappa shape index (κ2) is 6.62. The molecule has 1 aromatic heterocycles. The molecule has 0 aliphatic heterocycles. The van der Waals surface area contributed by atoms with Gasteiger partial charge in [-0.05, 0) is 61.5 Å². The summed E-state index contributed by atoms with van der Waals surface area (Å²) in [6.45, 7) is 2.92. The molecule has 0 spiro atoms. The minimum Gasteiger partial charge on any atom is -0.494 e. The summed E-state index contributed by atoms with van der Waals surface area (Å²) in [7, 11) is 0. The molecule has 118 valence electrons. The van der Waals surface area contributed by atoms with Crippen molar-refractivity contribution in [3.8, 4) is 22.7 Å². The molecule has 0 aliphatic carbocycles. The number of nitrogens with two attached hydrogens (primary N) is 1. The molecule has 0 saturated carbocycles. The van der Waals surface area contributed by atoms with Gasteiger partial charge in [-0.1, -0.05) is 0 Å². The lowest BCUT2D eigenvalue weighted by Crippen LogP contribution is -2.02. The number of hydrogen-bond acceptors (Lipinski definition) is 3. The average Bonchev–Trinajstić information content (AvgIpc) is 3.01. The number of rotatable bonds is 5. The first-order valence-electron chi connectivity index (χ1n) is 7.49. The van der Waals surface area contributed by atoms with Crippen molar-refractivity contribution in [3.63, 3.8) is 0 Å². The summed E-state index contributed by atoms with van der Waals surface area (Å²) in [6.07, 6.45) is 0. The third kappa shape index (κ3) is 3.24. The van der Waals surface area contributed by atoms with Gasteiger partial charge >= 0.3 is 0 Å². The van der Waals surface area contributed by atoms with E-state index in [0.29, 0.717) is 13.2 Å². The maximum atomic E-state index is 13.2. The molecule has 0 radical (unpaired) electrons. The Kier molecular flexibility index (Phi) is 4.39. The van der Waals surface area contributed by atoms with Crippen molar-refractivity contribution < 1.29 is 9.13 Å². The highest BCUT2D eigenvalue weighted by molar-refractivity contribution is 5.63. The Labute approximate surface area is 134 Å². The number of ether oxygens (including phenoxy) is 1. The highest BCUT2D eigenvalue weighted by Gasteiger charge is 2.11. The van der Waals surface area contributed by atoms with E-state index in [1.807, 2.05) is 37.3 Å². The van der Waals surface area contributed by atoms with E-state index in [1.165, 1.54) is 12.1 Å². The van der Waals surface area contributed by atoms with E-state index in [9.17, 15) is 4.39 Å². The molecule has 0 aliphatic rings. The van der Waals surface area contributed by atoms with Gasteiger partial charge in [-0.25, -0.2) is 9.07 Å². The zero-order valence-electron chi connectivity index (χ0n) is 12.9. The maximum Gasteiger partial charge on any atom is 0.123 e. The van der Waals surface area contributed by atoms with Crippen LogP contribution in [0.15, 0.2) is 54.6 Å². The zero-order valence-corrected chi connectivity index (χ0v) is 12.9. The molecule has 3 aromatic rings. The lowest BCUT2D eigenvalue weighted by atomic mass is 10.1. The van der Waals surface area contributed by atoms with Gasteiger partial charge in [-0.3, -0.25) is 0 Å². The molecule has 0 bridgehead atoms. The van der Waals surface area contributed by atoms with E-state index in [1.54, 1.807) is 16.8 Å². The smallest absolute Gasteiger partial charge is 0.123 e. The minimum absolute atomic E-state index is 0.275. The molecule has 2 aromatic carbocycles. The fourth-order valence-corrected chi connectivity index (χ4v) is 2.40. The van der Waals surface area contributed by atoms with Gasteiger partial charge in [0.1, 0.15) is 11.6 Å². The van der Waals surface area contributed by atoms with Crippen LogP contribution in [0.4, 0.5) is 4.39 Å². The third-order valence-electron chi connectivity index (χ3n) is 3.50. The Morgan fingerprint density at radius 3 is 2.39 bits per heavy atom. The summed E-state index contributed by atoms with van der Waals surface area (Å²) in [6, 6.07) is 16.0. The molecular weight excluding hydrogens is 293 g/mol. The summed E-state index contributed by atoms with van der Waals surface area (Å²) >= 11 is 0. The van der Waals surface area contributed by atoms with Gasteiger partial charge in [0.15, 0.2) is 0 Å². The van der Waals surface area contributed by atoms with Crippen LogP contribution in [0.2, 0.25) is 0 Å². The van der Waals surface area contributed by atoms with Crippen LogP contribution in [0.1, 0.15) is 12.6 Å². The number of halogens is 1. The number of nitrogens with zero attached hydrogens (tertiary/aromatic N) is 2. The van der Waals surface area contributed by atoms with E-state index < -0.39 is 0 Å². The summed E-state index contributed by atoms with van der Waals surface area (Å²) in [5.74, 6) is 0.547.